The van der Waals surface area contributed by atoms with E-state index in [1.807, 2.05) is 43.7 Å². The summed E-state index contributed by atoms with van der Waals surface area (Å²) in [6.07, 6.45) is 1.75. The zero-order valence-electron chi connectivity index (χ0n) is 15.0. The topological polar surface area (TPSA) is 66.2 Å². The minimum atomic E-state index is -1.32. The summed E-state index contributed by atoms with van der Waals surface area (Å²) < 4.78 is 25.4. The van der Waals surface area contributed by atoms with Crippen LogP contribution in [0.25, 0.3) is 11.0 Å². The lowest BCUT2D eigenvalue weighted by atomic mass is 10.1. The summed E-state index contributed by atoms with van der Waals surface area (Å²) in [5.41, 5.74) is 4.30. The first kappa shape index (κ1) is 17.4. The van der Waals surface area contributed by atoms with E-state index in [1.165, 1.54) is 0 Å². The molecular formula is C18H21N3O3S. The van der Waals surface area contributed by atoms with Gasteiger partial charge in [0.2, 0.25) is 0 Å². The number of imidazole rings is 1. The molecule has 0 fully saturated rings. The number of fused-ring (bicyclic) bond motifs is 1. The largest absolute Gasteiger partial charge is 0.497 e. The van der Waals surface area contributed by atoms with Gasteiger partial charge in [-0.25, -0.2) is 4.98 Å². The Labute approximate surface area is 149 Å². The van der Waals surface area contributed by atoms with Crippen LogP contribution in [0.4, 0.5) is 0 Å². The zero-order chi connectivity index (χ0) is 18.1. The van der Waals surface area contributed by atoms with Crippen molar-refractivity contribution < 1.29 is 13.7 Å². The number of pyridine rings is 1. The fourth-order valence-electron chi connectivity index (χ4n) is 2.89. The quantitative estimate of drug-likeness (QED) is 0.701. The smallest absolute Gasteiger partial charge is 0.200 e. The SMILES string of the molecule is COc1ccc2c(c1)nc(S(=O)Cc1ncc(C)c(OC)c1C)n2C. The predicted octanol–water partition coefficient (Wildman–Crippen LogP) is 2.91. The third-order valence-electron chi connectivity index (χ3n) is 4.27. The maximum atomic E-state index is 12.9. The van der Waals surface area contributed by atoms with E-state index < -0.39 is 10.8 Å². The lowest BCUT2D eigenvalue weighted by Gasteiger charge is -2.12. The number of nitrogens with zero attached hydrogens (tertiary/aromatic N) is 3. The molecule has 0 saturated heterocycles. The lowest BCUT2D eigenvalue weighted by molar-refractivity contribution is 0.407. The van der Waals surface area contributed by atoms with Crippen LogP contribution >= 0.6 is 0 Å². The first-order valence-electron chi connectivity index (χ1n) is 7.84. The van der Waals surface area contributed by atoms with Gasteiger partial charge in [0.1, 0.15) is 11.5 Å². The number of aryl methyl sites for hydroxylation is 2. The average molecular weight is 359 g/mol. The number of hydrogen-bond donors (Lipinski definition) is 0. The van der Waals surface area contributed by atoms with Crippen molar-refractivity contribution in [2.24, 2.45) is 7.05 Å². The Morgan fingerprint density at radius 1 is 1.20 bits per heavy atom. The fourth-order valence-corrected chi connectivity index (χ4v) is 4.17. The Kier molecular flexibility index (Phi) is 4.76. The lowest BCUT2D eigenvalue weighted by Crippen LogP contribution is -2.07. The summed E-state index contributed by atoms with van der Waals surface area (Å²) >= 11 is 0. The highest BCUT2D eigenvalue weighted by molar-refractivity contribution is 7.84. The molecule has 0 saturated carbocycles. The van der Waals surface area contributed by atoms with Gasteiger partial charge in [-0.1, -0.05) is 0 Å². The van der Waals surface area contributed by atoms with E-state index in [2.05, 4.69) is 9.97 Å². The maximum Gasteiger partial charge on any atom is 0.200 e. The molecule has 0 aliphatic rings. The third kappa shape index (κ3) is 3.11. The Bertz CT molecular complexity index is 966. The second-order valence-electron chi connectivity index (χ2n) is 5.84. The Hall–Kier alpha value is -2.41. The van der Waals surface area contributed by atoms with Crippen molar-refractivity contribution in [3.8, 4) is 11.5 Å². The van der Waals surface area contributed by atoms with Crippen molar-refractivity contribution in [1.82, 2.24) is 14.5 Å². The van der Waals surface area contributed by atoms with E-state index in [0.717, 1.165) is 39.4 Å². The number of aromatic nitrogens is 3. The monoisotopic (exact) mass is 359 g/mol. The molecule has 0 amide bonds. The number of ether oxygens (including phenoxy) is 2. The van der Waals surface area contributed by atoms with E-state index in [9.17, 15) is 4.21 Å². The van der Waals surface area contributed by atoms with Crippen molar-refractivity contribution in [2.45, 2.75) is 24.8 Å². The molecule has 0 radical (unpaired) electrons. The van der Waals surface area contributed by atoms with Gasteiger partial charge in [0.25, 0.3) is 0 Å². The van der Waals surface area contributed by atoms with Crippen LogP contribution in [0.15, 0.2) is 29.6 Å². The summed E-state index contributed by atoms with van der Waals surface area (Å²) in [4.78, 5) is 8.96. The molecule has 132 valence electrons. The molecule has 0 aliphatic carbocycles. The summed E-state index contributed by atoms with van der Waals surface area (Å²) in [5.74, 6) is 1.80. The van der Waals surface area contributed by atoms with Gasteiger partial charge in [-0.05, 0) is 26.0 Å². The van der Waals surface area contributed by atoms with E-state index in [-0.39, 0.29) is 5.75 Å². The van der Waals surface area contributed by atoms with Crippen molar-refractivity contribution in [3.05, 3.63) is 41.2 Å². The molecule has 6 nitrogen and oxygen atoms in total. The van der Waals surface area contributed by atoms with Crippen LogP contribution in [-0.2, 0) is 23.6 Å². The van der Waals surface area contributed by atoms with Gasteiger partial charge in [-0.3, -0.25) is 9.19 Å². The van der Waals surface area contributed by atoms with Crippen LogP contribution in [0.1, 0.15) is 16.8 Å². The first-order valence-corrected chi connectivity index (χ1v) is 9.16. The minimum Gasteiger partial charge on any atom is -0.497 e. The molecule has 1 aromatic carbocycles. The Morgan fingerprint density at radius 2 is 1.96 bits per heavy atom. The van der Waals surface area contributed by atoms with Crippen LogP contribution in [-0.4, -0.2) is 33.0 Å². The van der Waals surface area contributed by atoms with Crippen molar-refractivity contribution >= 4 is 21.8 Å². The third-order valence-corrected chi connectivity index (χ3v) is 5.58. The Morgan fingerprint density at radius 3 is 2.64 bits per heavy atom. The van der Waals surface area contributed by atoms with Gasteiger partial charge in [0, 0.05) is 30.4 Å². The van der Waals surface area contributed by atoms with Gasteiger partial charge in [0.15, 0.2) is 5.16 Å². The maximum absolute atomic E-state index is 12.9. The van der Waals surface area contributed by atoms with E-state index in [4.69, 9.17) is 9.47 Å². The summed E-state index contributed by atoms with van der Waals surface area (Å²) in [6, 6.07) is 5.63. The number of hydrogen-bond acceptors (Lipinski definition) is 5. The second-order valence-corrected chi connectivity index (χ2v) is 7.19. The van der Waals surface area contributed by atoms with Gasteiger partial charge >= 0.3 is 0 Å². The average Bonchev–Trinajstić information content (AvgIpc) is 2.94. The number of rotatable bonds is 5. The molecule has 3 aromatic rings. The van der Waals surface area contributed by atoms with Crippen LogP contribution in [0.3, 0.4) is 0 Å². The van der Waals surface area contributed by atoms with Crippen molar-refractivity contribution in [2.75, 3.05) is 14.2 Å². The molecule has 2 aromatic heterocycles. The summed E-state index contributed by atoms with van der Waals surface area (Å²) in [5, 5.41) is 0.518. The van der Waals surface area contributed by atoms with Crippen molar-refractivity contribution in [1.29, 1.82) is 0 Å². The van der Waals surface area contributed by atoms with Crippen molar-refractivity contribution in [3.63, 3.8) is 0 Å². The van der Waals surface area contributed by atoms with Crippen LogP contribution in [0.5, 0.6) is 11.5 Å². The zero-order valence-corrected chi connectivity index (χ0v) is 15.8. The number of benzene rings is 1. The van der Waals surface area contributed by atoms with Crippen LogP contribution in [0.2, 0.25) is 0 Å². The van der Waals surface area contributed by atoms with E-state index in [1.54, 1.807) is 20.4 Å². The number of methoxy groups -OCH3 is 2. The predicted molar refractivity (Wildman–Crippen MR) is 97.6 cm³/mol. The molecule has 1 unspecified atom stereocenters. The standard InChI is InChI=1S/C18H21N3O3S/c1-11-9-19-15(12(2)17(11)24-5)10-25(22)18-20-14-8-13(23-4)6-7-16(14)21(18)3/h6-9H,10H2,1-5H3. The van der Waals surface area contributed by atoms with Gasteiger partial charge < -0.3 is 14.0 Å². The normalized spacial score (nSPS) is 12.4. The second kappa shape index (κ2) is 6.84. The minimum absolute atomic E-state index is 0.288. The molecule has 0 N–H and O–H groups in total. The van der Waals surface area contributed by atoms with Crippen LogP contribution < -0.4 is 9.47 Å². The van der Waals surface area contributed by atoms with Crippen LogP contribution in [0, 0.1) is 13.8 Å². The van der Waals surface area contributed by atoms with E-state index >= 15 is 0 Å². The van der Waals surface area contributed by atoms with Gasteiger partial charge in [-0.2, -0.15) is 0 Å². The molecule has 0 bridgehead atoms. The highest BCUT2D eigenvalue weighted by atomic mass is 32.2. The molecule has 25 heavy (non-hydrogen) atoms. The summed E-state index contributed by atoms with van der Waals surface area (Å²) in [6.45, 7) is 3.88. The van der Waals surface area contributed by atoms with Gasteiger partial charge in [0.05, 0.1) is 47.5 Å². The molecule has 2 heterocycles. The van der Waals surface area contributed by atoms with Gasteiger partial charge in [-0.15, -0.1) is 0 Å². The molecule has 3 rings (SSSR count). The molecule has 0 spiro atoms. The summed E-state index contributed by atoms with van der Waals surface area (Å²) in [7, 11) is 3.79. The highest BCUT2D eigenvalue weighted by Gasteiger charge is 2.18. The van der Waals surface area contributed by atoms with E-state index in [0.29, 0.717) is 5.16 Å². The Balaban J connectivity index is 1.97. The highest BCUT2D eigenvalue weighted by Crippen LogP contribution is 2.27. The first-order chi connectivity index (χ1) is 12.0. The molecule has 1 atom stereocenters. The molecule has 7 heteroatoms. The molecular weight excluding hydrogens is 338 g/mol. The molecule has 0 aliphatic heterocycles. The fraction of sp³-hybridized carbons (Fsp3) is 0.333.